The molecule has 0 unspecified atom stereocenters. The van der Waals surface area contributed by atoms with Crippen LogP contribution < -0.4 is 0 Å². The summed E-state index contributed by atoms with van der Waals surface area (Å²) >= 11 is 3.18. The predicted molar refractivity (Wildman–Crippen MR) is 125 cm³/mol. The Morgan fingerprint density at radius 1 is 1.19 bits per heavy atom. The summed E-state index contributed by atoms with van der Waals surface area (Å²) < 4.78 is 30.1. The molecule has 0 radical (unpaired) electrons. The van der Waals surface area contributed by atoms with E-state index in [0.29, 0.717) is 36.1 Å². The van der Waals surface area contributed by atoms with E-state index in [0.717, 1.165) is 43.4 Å². The minimum absolute atomic E-state index is 0.164. The van der Waals surface area contributed by atoms with Gasteiger partial charge in [0.1, 0.15) is 17.5 Å². The van der Waals surface area contributed by atoms with Gasteiger partial charge < -0.3 is 9.47 Å². The Balaban J connectivity index is 1.71. The number of nitrogens with zero attached hydrogens (tertiary/aromatic N) is 3. The van der Waals surface area contributed by atoms with E-state index < -0.39 is 5.82 Å². The molecule has 1 aliphatic carbocycles. The lowest BCUT2D eigenvalue weighted by Crippen LogP contribution is -2.33. The molecule has 0 saturated heterocycles. The van der Waals surface area contributed by atoms with Crippen LogP contribution in [0, 0.1) is 17.6 Å². The third-order valence-electron chi connectivity index (χ3n) is 6.18. The Hall–Kier alpha value is -2.28. The summed E-state index contributed by atoms with van der Waals surface area (Å²) in [6.45, 7) is 5.13. The number of fused-ring (bicyclic) bond motifs is 1. The van der Waals surface area contributed by atoms with Crippen LogP contribution in [-0.2, 0) is 6.54 Å². The van der Waals surface area contributed by atoms with E-state index in [2.05, 4.69) is 34.3 Å². The number of carbonyl (C=O) groups excluding carboxylic acids is 1. The highest BCUT2D eigenvalue weighted by Crippen LogP contribution is 2.34. The fraction of sp³-hybridized carbons (Fsp3) is 0.440. The Bertz CT molecular complexity index is 1120. The van der Waals surface area contributed by atoms with Crippen LogP contribution in [0.5, 0.6) is 0 Å². The molecule has 2 aromatic carbocycles. The Morgan fingerprint density at radius 3 is 2.62 bits per heavy atom. The molecule has 1 heterocycles. The first-order valence-electron chi connectivity index (χ1n) is 11.2. The minimum Gasteiger partial charge on any atom is -0.331 e. The first-order chi connectivity index (χ1) is 15.3. The van der Waals surface area contributed by atoms with Gasteiger partial charge in [-0.3, -0.25) is 4.79 Å². The standard InChI is InChI=1S/C25H28BrF2N3O/c1-16(2)11-12-30(25(32)17-7-9-21(28)20(26)13-17)15-24-29-22-14-18(27)8-10-23(22)31(24)19-5-3-4-6-19/h7-10,13-14,16,19H,3-6,11-12,15H2,1-2H3. The largest absolute Gasteiger partial charge is 0.331 e. The van der Waals surface area contributed by atoms with Gasteiger partial charge in [-0.1, -0.05) is 26.7 Å². The van der Waals surface area contributed by atoms with Crippen LogP contribution in [0.4, 0.5) is 8.78 Å². The van der Waals surface area contributed by atoms with Crippen LogP contribution in [0.3, 0.4) is 0 Å². The van der Waals surface area contributed by atoms with Gasteiger partial charge in [0.2, 0.25) is 0 Å². The number of carbonyl (C=O) groups is 1. The van der Waals surface area contributed by atoms with E-state index in [-0.39, 0.29) is 16.2 Å². The third-order valence-corrected chi connectivity index (χ3v) is 6.78. The SMILES string of the molecule is CC(C)CCN(Cc1nc2cc(F)ccc2n1C1CCCC1)C(=O)c1ccc(F)c(Br)c1. The molecule has 0 aliphatic heterocycles. The molecule has 0 bridgehead atoms. The molecule has 1 amide bonds. The fourth-order valence-corrected chi connectivity index (χ4v) is 4.83. The monoisotopic (exact) mass is 503 g/mol. The number of hydrogen-bond donors (Lipinski definition) is 0. The van der Waals surface area contributed by atoms with Crippen molar-refractivity contribution < 1.29 is 13.6 Å². The summed E-state index contributed by atoms with van der Waals surface area (Å²) in [4.78, 5) is 19.9. The molecule has 7 heteroatoms. The summed E-state index contributed by atoms with van der Waals surface area (Å²) in [7, 11) is 0. The second kappa shape index (κ2) is 9.69. The van der Waals surface area contributed by atoms with Crippen LogP contribution in [-0.4, -0.2) is 26.9 Å². The lowest BCUT2D eigenvalue weighted by molar-refractivity contribution is 0.0728. The molecule has 32 heavy (non-hydrogen) atoms. The second-order valence-corrected chi connectivity index (χ2v) is 9.86. The average Bonchev–Trinajstić information content (AvgIpc) is 3.39. The van der Waals surface area contributed by atoms with Crippen LogP contribution in [0.2, 0.25) is 0 Å². The van der Waals surface area contributed by atoms with Crippen molar-refractivity contribution in [2.45, 2.75) is 58.5 Å². The predicted octanol–water partition coefficient (Wildman–Crippen LogP) is 6.88. The van der Waals surface area contributed by atoms with E-state index in [9.17, 15) is 13.6 Å². The van der Waals surface area contributed by atoms with E-state index >= 15 is 0 Å². The molecule has 4 nitrogen and oxygen atoms in total. The van der Waals surface area contributed by atoms with E-state index in [4.69, 9.17) is 4.98 Å². The van der Waals surface area contributed by atoms with E-state index in [1.807, 2.05) is 0 Å². The number of benzene rings is 2. The zero-order chi connectivity index (χ0) is 22.8. The molecule has 1 saturated carbocycles. The Labute approximate surface area is 195 Å². The Kier molecular flexibility index (Phi) is 6.93. The molecule has 1 aliphatic rings. The molecule has 4 rings (SSSR count). The molecule has 0 spiro atoms. The molecular weight excluding hydrogens is 476 g/mol. The van der Waals surface area contributed by atoms with Gasteiger partial charge in [-0.2, -0.15) is 0 Å². The van der Waals surface area contributed by atoms with Gasteiger partial charge >= 0.3 is 0 Å². The summed E-state index contributed by atoms with van der Waals surface area (Å²) in [6.07, 6.45) is 5.27. The molecule has 3 aromatic rings. The molecular formula is C25H28BrF2N3O. The quantitative estimate of drug-likeness (QED) is 0.352. The van der Waals surface area contributed by atoms with E-state index in [1.165, 1.54) is 30.3 Å². The Morgan fingerprint density at radius 2 is 1.94 bits per heavy atom. The maximum absolute atomic E-state index is 13.9. The lowest BCUT2D eigenvalue weighted by Gasteiger charge is -2.25. The van der Waals surface area contributed by atoms with Crippen molar-refractivity contribution in [1.82, 2.24) is 14.5 Å². The number of aromatic nitrogens is 2. The van der Waals surface area contributed by atoms with Crippen LogP contribution in [0.25, 0.3) is 11.0 Å². The zero-order valence-electron chi connectivity index (χ0n) is 18.5. The summed E-state index contributed by atoms with van der Waals surface area (Å²) in [6, 6.07) is 9.36. The second-order valence-electron chi connectivity index (χ2n) is 9.01. The molecule has 1 fully saturated rings. The van der Waals surface area contributed by atoms with Crippen LogP contribution in [0.15, 0.2) is 40.9 Å². The smallest absolute Gasteiger partial charge is 0.254 e. The first-order valence-corrected chi connectivity index (χ1v) is 12.0. The first kappa shape index (κ1) is 22.9. The summed E-state index contributed by atoms with van der Waals surface area (Å²) in [5, 5.41) is 0. The van der Waals surface area contributed by atoms with Gasteiger partial charge in [-0.05, 0) is 71.4 Å². The van der Waals surface area contributed by atoms with Gasteiger partial charge in [-0.25, -0.2) is 13.8 Å². The van der Waals surface area contributed by atoms with Crippen molar-refractivity contribution >= 4 is 32.9 Å². The number of rotatable bonds is 7. The maximum atomic E-state index is 13.9. The zero-order valence-corrected chi connectivity index (χ0v) is 20.0. The van der Waals surface area contributed by atoms with Gasteiger partial charge in [0.15, 0.2) is 0 Å². The molecule has 170 valence electrons. The number of hydrogen-bond acceptors (Lipinski definition) is 2. The fourth-order valence-electron chi connectivity index (χ4n) is 4.45. The van der Waals surface area contributed by atoms with Crippen molar-refractivity contribution in [2.24, 2.45) is 5.92 Å². The van der Waals surface area contributed by atoms with Crippen LogP contribution in [0.1, 0.15) is 68.2 Å². The summed E-state index contributed by atoms with van der Waals surface area (Å²) in [5.74, 6) is 0.315. The van der Waals surface area contributed by atoms with Gasteiger partial charge in [-0.15, -0.1) is 0 Å². The minimum atomic E-state index is -0.402. The number of imidazole rings is 1. The van der Waals surface area contributed by atoms with Gasteiger partial charge in [0, 0.05) is 24.2 Å². The number of halogens is 3. The number of amides is 1. The van der Waals surface area contributed by atoms with E-state index in [1.54, 1.807) is 11.0 Å². The molecule has 0 N–H and O–H groups in total. The maximum Gasteiger partial charge on any atom is 0.254 e. The van der Waals surface area contributed by atoms with Crippen molar-refractivity contribution in [3.05, 3.63) is 63.9 Å². The van der Waals surface area contributed by atoms with Crippen molar-refractivity contribution in [2.75, 3.05) is 6.54 Å². The lowest BCUT2D eigenvalue weighted by atomic mass is 10.1. The molecule has 0 atom stereocenters. The highest BCUT2D eigenvalue weighted by atomic mass is 79.9. The highest BCUT2D eigenvalue weighted by Gasteiger charge is 2.26. The van der Waals surface area contributed by atoms with Crippen molar-refractivity contribution in [3.63, 3.8) is 0 Å². The highest BCUT2D eigenvalue weighted by molar-refractivity contribution is 9.10. The van der Waals surface area contributed by atoms with Gasteiger partial charge in [0.05, 0.1) is 22.1 Å². The third kappa shape index (κ3) is 4.87. The van der Waals surface area contributed by atoms with Crippen LogP contribution >= 0.6 is 15.9 Å². The van der Waals surface area contributed by atoms with Crippen molar-refractivity contribution in [1.29, 1.82) is 0 Å². The van der Waals surface area contributed by atoms with Crippen molar-refractivity contribution in [3.8, 4) is 0 Å². The topological polar surface area (TPSA) is 38.1 Å². The average molecular weight is 504 g/mol. The summed E-state index contributed by atoms with van der Waals surface area (Å²) in [5.41, 5.74) is 1.96. The molecule has 1 aromatic heterocycles. The normalized spacial score (nSPS) is 14.6. The van der Waals surface area contributed by atoms with Gasteiger partial charge in [0.25, 0.3) is 5.91 Å².